The molecule has 5 heteroatoms. The lowest BCUT2D eigenvalue weighted by Crippen LogP contribution is -2.22. The van der Waals surface area contributed by atoms with Gasteiger partial charge in [-0.15, -0.1) is 6.58 Å². The van der Waals surface area contributed by atoms with Crippen LogP contribution >= 0.6 is 0 Å². The first-order valence-corrected chi connectivity index (χ1v) is 8.34. The molecule has 132 valence electrons. The summed E-state index contributed by atoms with van der Waals surface area (Å²) in [6.45, 7) is 4.35. The van der Waals surface area contributed by atoms with Gasteiger partial charge in [0.25, 0.3) is 5.91 Å². The zero-order valence-corrected chi connectivity index (χ0v) is 14.4. The molecule has 0 radical (unpaired) electrons. The van der Waals surface area contributed by atoms with Crippen molar-refractivity contribution in [1.82, 2.24) is 10.3 Å². The molecule has 1 amide bonds. The summed E-state index contributed by atoms with van der Waals surface area (Å²) in [5.74, 6) is 1.33. The maximum atomic E-state index is 12.2. The number of hydrogen-bond acceptors (Lipinski definition) is 4. The molecule has 3 aromatic rings. The van der Waals surface area contributed by atoms with Crippen molar-refractivity contribution >= 4 is 5.91 Å². The van der Waals surface area contributed by atoms with E-state index in [1.807, 2.05) is 48.5 Å². The molecule has 5 nitrogen and oxygen atoms in total. The number of furan rings is 1. The van der Waals surface area contributed by atoms with Gasteiger partial charge < -0.3 is 14.5 Å². The van der Waals surface area contributed by atoms with Crippen LogP contribution in [0.25, 0.3) is 0 Å². The Hall–Kier alpha value is -3.34. The number of pyridine rings is 1. The summed E-state index contributed by atoms with van der Waals surface area (Å²) in [5.41, 5.74) is 1.84. The smallest absolute Gasteiger partial charge is 0.287 e. The SMILES string of the molecule is C=CCc1ccccc1OCc1ccc(C(=O)NCc2ccccn2)o1. The molecule has 0 aliphatic rings. The minimum absolute atomic E-state index is 0.249. The summed E-state index contributed by atoms with van der Waals surface area (Å²) >= 11 is 0. The molecule has 0 saturated carbocycles. The van der Waals surface area contributed by atoms with Gasteiger partial charge in [-0.2, -0.15) is 0 Å². The second kappa shape index (κ2) is 8.67. The van der Waals surface area contributed by atoms with Crippen molar-refractivity contribution in [1.29, 1.82) is 0 Å². The first-order valence-electron chi connectivity index (χ1n) is 8.34. The highest BCUT2D eigenvalue weighted by atomic mass is 16.5. The number of ether oxygens (including phenoxy) is 1. The van der Waals surface area contributed by atoms with E-state index in [1.165, 1.54) is 0 Å². The van der Waals surface area contributed by atoms with Gasteiger partial charge in [0.15, 0.2) is 5.76 Å². The Bertz CT molecular complexity index is 872. The highest BCUT2D eigenvalue weighted by molar-refractivity contribution is 5.91. The predicted octanol–water partition coefficient (Wildman–Crippen LogP) is 3.91. The number of hydrogen-bond donors (Lipinski definition) is 1. The normalized spacial score (nSPS) is 10.3. The van der Waals surface area contributed by atoms with Crippen LogP contribution < -0.4 is 10.1 Å². The van der Waals surface area contributed by atoms with Crippen LogP contribution in [0.3, 0.4) is 0 Å². The molecule has 0 aliphatic heterocycles. The first kappa shape index (κ1) is 17.5. The standard InChI is InChI=1S/C21H20N2O3/c1-2-7-16-8-3-4-10-19(16)25-15-18-11-12-20(26-18)21(24)23-14-17-9-5-6-13-22-17/h2-6,8-13H,1,7,14-15H2,(H,23,24). The third-order valence-corrected chi connectivity index (χ3v) is 3.75. The van der Waals surface area contributed by atoms with Crippen molar-refractivity contribution in [3.05, 3.63) is 96.2 Å². The van der Waals surface area contributed by atoms with Crippen LogP contribution in [0.2, 0.25) is 0 Å². The summed E-state index contributed by atoms with van der Waals surface area (Å²) in [5, 5.41) is 2.78. The Morgan fingerprint density at radius 3 is 2.81 bits per heavy atom. The fourth-order valence-corrected chi connectivity index (χ4v) is 2.46. The molecule has 3 rings (SSSR count). The number of amides is 1. The minimum atomic E-state index is -0.283. The maximum Gasteiger partial charge on any atom is 0.287 e. The topological polar surface area (TPSA) is 64.4 Å². The summed E-state index contributed by atoms with van der Waals surface area (Å²) in [6, 6.07) is 16.7. The quantitative estimate of drug-likeness (QED) is 0.627. The second-order valence-corrected chi connectivity index (χ2v) is 5.66. The van der Waals surface area contributed by atoms with Gasteiger partial charge in [0, 0.05) is 6.20 Å². The van der Waals surface area contributed by atoms with Crippen molar-refractivity contribution in [2.24, 2.45) is 0 Å². The summed E-state index contributed by atoms with van der Waals surface area (Å²) in [4.78, 5) is 16.3. The maximum absolute atomic E-state index is 12.2. The minimum Gasteiger partial charge on any atom is -0.485 e. The number of rotatable bonds is 8. The monoisotopic (exact) mass is 348 g/mol. The summed E-state index contributed by atoms with van der Waals surface area (Å²) < 4.78 is 11.4. The number of benzene rings is 1. The van der Waals surface area contributed by atoms with E-state index < -0.39 is 0 Å². The van der Waals surface area contributed by atoms with E-state index >= 15 is 0 Å². The molecule has 0 aliphatic carbocycles. The third-order valence-electron chi connectivity index (χ3n) is 3.75. The van der Waals surface area contributed by atoms with E-state index in [0.29, 0.717) is 12.3 Å². The van der Waals surface area contributed by atoms with E-state index in [2.05, 4.69) is 16.9 Å². The largest absolute Gasteiger partial charge is 0.485 e. The van der Waals surface area contributed by atoms with Crippen LogP contribution in [-0.2, 0) is 19.6 Å². The molecule has 2 heterocycles. The lowest BCUT2D eigenvalue weighted by Gasteiger charge is -2.09. The molecular weight excluding hydrogens is 328 g/mol. The van der Waals surface area contributed by atoms with Gasteiger partial charge in [-0.1, -0.05) is 30.3 Å². The van der Waals surface area contributed by atoms with E-state index in [-0.39, 0.29) is 18.3 Å². The van der Waals surface area contributed by atoms with E-state index in [9.17, 15) is 4.79 Å². The Kier molecular flexibility index (Phi) is 5.83. The third kappa shape index (κ3) is 4.60. The van der Waals surface area contributed by atoms with Crippen molar-refractivity contribution in [2.75, 3.05) is 0 Å². The van der Waals surface area contributed by atoms with Crippen LogP contribution in [0.5, 0.6) is 5.75 Å². The molecule has 0 unspecified atom stereocenters. The number of carbonyl (C=O) groups excluding carboxylic acids is 1. The molecule has 0 saturated heterocycles. The van der Waals surface area contributed by atoms with Crippen LogP contribution in [-0.4, -0.2) is 10.9 Å². The average Bonchev–Trinajstić information content (AvgIpc) is 3.16. The number of nitrogens with zero attached hydrogens (tertiary/aromatic N) is 1. The fourth-order valence-electron chi connectivity index (χ4n) is 2.46. The van der Waals surface area contributed by atoms with Crippen LogP contribution in [0, 0.1) is 0 Å². The van der Waals surface area contributed by atoms with E-state index in [0.717, 1.165) is 23.4 Å². The molecule has 1 aromatic carbocycles. The molecule has 0 fully saturated rings. The van der Waals surface area contributed by atoms with Gasteiger partial charge in [0.2, 0.25) is 0 Å². The lowest BCUT2D eigenvalue weighted by molar-refractivity contribution is 0.0918. The molecule has 0 bridgehead atoms. The van der Waals surface area contributed by atoms with Gasteiger partial charge in [0.1, 0.15) is 18.1 Å². The van der Waals surface area contributed by atoms with Crippen LogP contribution in [0.1, 0.15) is 27.6 Å². The summed E-state index contributed by atoms with van der Waals surface area (Å²) in [7, 11) is 0. The van der Waals surface area contributed by atoms with Crippen molar-refractivity contribution in [2.45, 2.75) is 19.6 Å². The van der Waals surface area contributed by atoms with Gasteiger partial charge in [0.05, 0.1) is 12.2 Å². The lowest BCUT2D eigenvalue weighted by atomic mass is 10.1. The molecular formula is C21H20N2O3. The Morgan fingerprint density at radius 1 is 1.15 bits per heavy atom. The van der Waals surface area contributed by atoms with Crippen molar-refractivity contribution in [3.63, 3.8) is 0 Å². The molecule has 2 aromatic heterocycles. The Morgan fingerprint density at radius 2 is 2.00 bits per heavy atom. The summed E-state index contributed by atoms with van der Waals surface area (Å²) in [6.07, 6.45) is 4.25. The molecule has 1 N–H and O–H groups in total. The van der Waals surface area contributed by atoms with Gasteiger partial charge in [-0.05, 0) is 42.3 Å². The van der Waals surface area contributed by atoms with Gasteiger partial charge in [-0.3, -0.25) is 9.78 Å². The van der Waals surface area contributed by atoms with Crippen molar-refractivity contribution in [3.8, 4) is 5.75 Å². The fraction of sp³-hybridized carbons (Fsp3) is 0.143. The number of para-hydroxylation sites is 1. The highest BCUT2D eigenvalue weighted by Crippen LogP contribution is 2.20. The molecule has 0 atom stereocenters. The van der Waals surface area contributed by atoms with Crippen LogP contribution in [0.15, 0.2) is 77.9 Å². The van der Waals surface area contributed by atoms with Crippen LogP contribution in [0.4, 0.5) is 0 Å². The highest BCUT2D eigenvalue weighted by Gasteiger charge is 2.12. The second-order valence-electron chi connectivity index (χ2n) is 5.66. The predicted molar refractivity (Wildman–Crippen MR) is 98.8 cm³/mol. The number of nitrogens with one attached hydrogen (secondary N) is 1. The molecule has 0 spiro atoms. The average molecular weight is 348 g/mol. The zero-order valence-electron chi connectivity index (χ0n) is 14.4. The van der Waals surface area contributed by atoms with Gasteiger partial charge >= 0.3 is 0 Å². The number of aromatic nitrogens is 1. The first-order chi connectivity index (χ1) is 12.8. The van der Waals surface area contributed by atoms with Crippen molar-refractivity contribution < 1.29 is 13.9 Å². The Balaban J connectivity index is 1.56. The van der Waals surface area contributed by atoms with Gasteiger partial charge in [-0.25, -0.2) is 0 Å². The van der Waals surface area contributed by atoms with E-state index in [1.54, 1.807) is 18.3 Å². The molecule has 26 heavy (non-hydrogen) atoms. The zero-order chi connectivity index (χ0) is 18.2. The number of allylic oxidation sites excluding steroid dienone is 1. The van der Waals surface area contributed by atoms with E-state index in [4.69, 9.17) is 9.15 Å². The number of carbonyl (C=O) groups is 1. The Labute approximate surface area is 152 Å².